The van der Waals surface area contributed by atoms with Gasteiger partial charge in [-0.05, 0) is 0 Å². The van der Waals surface area contributed by atoms with Gasteiger partial charge in [0.15, 0.2) is 0 Å². The molecule has 42 valence electrons. The van der Waals surface area contributed by atoms with Crippen molar-refractivity contribution in [3.8, 4) is 0 Å². The predicted octanol–water partition coefficient (Wildman–Crippen LogP) is -2.27. The largest absolute Gasteiger partial charge is 2.00 e. The van der Waals surface area contributed by atoms with Crippen molar-refractivity contribution in [3.63, 3.8) is 0 Å². The van der Waals surface area contributed by atoms with Crippen LogP contribution in [0.3, 0.4) is 0 Å². The van der Waals surface area contributed by atoms with E-state index in [1.807, 2.05) is 0 Å². The summed E-state index contributed by atoms with van der Waals surface area (Å²) in [5, 5.41) is 7.21. The van der Waals surface area contributed by atoms with Crippen molar-refractivity contribution in [1.82, 2.24) is 0 Å². The second-order valence-electron chi connectivity index (χ2n) is 0.665. The molecule has 0 saturated carbocycles. The first-order chi connectivity index (χ1) is 2.56. The third kappa shape index (κ3) is 10.7. The van der Waals surface area contributed by atoms with Crippen molar-refractivity contribution >= 4 is 19.2 Å². The molecule has 0 saturated heterocycles. The van der Waals surface area contributed by atoms with Gasteiger partial charge in [-0.15, -0.1) is 0 Å². The van der Waals surface area contributed by atoms with Gasteiger partial charge in [0.25, 0.3) is 0 Å². The molecule has 0 bridgehead atoms. The van der Waals surface area contributed by atoms with Gasteiger partial charge >= 0.3 is 19.2 Å². The van der Waals surface area contributed by atoms with Crippen LogP contribution in [0.15, 0.2) is 0 Å². The molecule has 0 amide bonds. The molecule has 0 unspecified atom stereocenters. The second kappa shape index (κ2) is 3.22. The van der Waals surface area contributed by atoms with Gasteiger partial charge in [0.2, 0.25) is 0 Å². The summed E-state index contributed by atoms with van der Waals surface area (Å²) >= 11 is 0. The Kier molecular flexibility index (Phi) is 4.71. The van der Waals surface area contributed by atoms with Crippen LogP contribution in [-0.2, 0) is 4.58 Å². The molecule has 0 aromatic carbocycles. The SMILES string of the molecule is OO[Si](O)(O)O.[Be+2].[H-].[H-]. The minimum Gasteiger partial charge on any atom is -1.00 e. The Morgan fingerprint density at radius 3 is 1.43 bits per heavy atom. The van der Waals surface area contributed by atoms with Crippen LogP contribution in [0.4, 0.5) is 0 Å². The Bertz CT molecular complexity index is 44.7. The van der Waals surface area contributed by atoms with Crippen molar-refractivity contribution in [3.05, 3.63) is 0 Å². The molecule has 7 heavy (non-hydrogen) atoms. The van der Waals surface area contributed by atoms with E-state index >= 15 is 0 Å². The quantitative estimate of drug-likeness (QED) is 0.179. The van der Waals surface area contributed by atoms with E-state index in [1.165, 1.54) is 0 Å². The van der Waals surface area contributed by atoms with E-state index in [1.54, 1.807) is 0 Å². The Labute approximate surface area is 47.4 Å². The van der Waals surface area contributed by atoms with Crippen molar-refractivity contribution in [2.24, 2.45) is 0 Å². The summed E-state index contributed by atoms with van der Waals surface area (Å²) in [7, 11) is -4.58. The topological polar surface area (TPSA) is 90.2 Å². The fourth-order valence-electron chi connectivity index (χ4n) is 0. The molecule has 4 N–H and O–H groups in total. The average molecular weight is 123 g/mol. The average Bonchev–Trinajstić information content (AvgIpc) is 1.35. The van der Waals surface area contributed by atoms with Crippen LogP contribution in [-0.4, -0.2) is 38.8 Å². The molecule has 0 rings (SSSR count). The van der Waals surface area contributed by atoms with Crippen molar-refractivity contribution in [2.75, 3.05) is 0 Å². The van der Waals surface area contributed by atoms with E-state index in [2.05, 4.69) is 4.58 Å². The van der Waals surface area contributed by atoms with Gasteiger partial charge in [0.05, 0.1) is 0 Å². The van der Waals surface area contributed by atoms with Crippen molar-refractivity contribution in [2.45, 2.75) is 0 Å². The van der Waals surface area contributed by atoms with Crippen molar-refractivity contribution < 1.29 is 27.1 Å². The molecule has 0 aliphatic heterocycles. The predicted molar refractivity (Wildman–Crippen MR) is 24.1 cm³/mol. The minimum absolute atomic E-state index is 0. The Hall–Kier alpha value is 0.186. The van der Waals surface area contributed by atoms with Gasteiger partial charge in [-0.3, -0.25) is 5.26 Å². The van der Waals surface area contributed by atoms with Crippen LogP contribution in [0.2, 0.25) is 0 Å². The Morgan fingerprint density at radius 1 is 1.29 bits per heavy atom. The van der Waals surface area contributed by atoms with Gasteiger partial charge in [0.1, 0.15) is 0 Å². The molecular formula is H6BeO5Si. The summed E-state index contributed by atoms with van der Waals surface area (Å²) in [6.07, 6.45) is 0. The molecular weight excluding hydrogens is 117 g/mol. The fraction of sp³-hybridized carbons (Fsp3) is 0. The van der Waals surface area contributed by atoms with E-state index in [4.69, 9.17) is 19.6 Å². The van der Waals surface area contributed by atoms with Crippen LogP contribution >= 0.6 is 0 Å². The van der Waals surface area contributed by atoms with E-state index in [0.29, 0.717) is 0 Å². The summed E-state index contributed by atoms with van der Waals surface area (Å²) in [4.78, 5) is 22.8. The molecule has 0 aliphatic rings. The molecule has 0 radical (unpaired) electrons. The first kappa shape index (κ1) is 10.2. The summed E-state index contributed by atoms with van der Waals surface area (Å²) in [6, 6.07) is 0. The molecule has 0 fully saturated rings. The van der Waals surface area contributed by atoms with E-state index < -0.39 is 9.05 Å². The fourth-order valence-corrected chi connectivity index (χ4v) is 0. The van der Waals surface area contributed by atoms with Crippen molar-refractivity contribution in [1.29, 1.82) is 0 Å². The van der Waals surface area contributed by atoms with Gasteiger partial charge < -0.3 is 17.2 Å². The summed E-state index contributed by atoms with van der Waals surface area (Å²) in [5.74, 6) is 0. The Morgan fingerprint density at radius 2 is 1.43 bits per heavy atom. The van der Waals surface area contributed by atoms with Gasteiger partial charge in [0, 0.05) is 0 Å². The summed E-state index contributed by atoms with van der Waals surface area (Å²) in [6.45, 7) is 0. The molecule has 7 heteroatoms. The molecule has 0 atom stereocenters. The van der Waals surface area contributed by atoms with Gasteiger partial charge in [-0.1, -0.05) is 0 Å². The molecule has 0 heterocycles. The zero-order valence-corrected chi connectivity index (χ0v) is 4.40. The van der Waals surface area contributed by atoms with Crippen LogP contribution in [0.25, 0.3) is 0 Å². The molecule has 0 aliphatic carbocycles. The zero-order chi connectivity index (χ0) is 5.21. The first-order valence-corrected chi connectivity index (χ1v) is 2.81. The molecule has 5 nitrogen and oxygen atoms in total. The minimum atomic E-state index is -4.58. The molecule has 0 aromatic rings. The third-order valence-corrected chi connectivity index (χ3v) is 0.367. The smallest absolute Gasteiger partial charge is 1.00 e. The van der Waals surface area contributed by atoms with E-state index in [0.717, 1.165) is 0 Å². The maximum Gasteiger partial charge on any atom is 2.00 e. The van der Waals surface area contributed by atoms with Gasteiger partial charge in [-0.25, -0.2) is 0 Å². The monoisotopic (exact) mass is 123 g/mol. The maximum absolute atomic E-state index is 7.60. The first-order valence-electron chi connectivity index (χ1n) is 1.06. The second-order valence-corrected chi connectivity index (χ2v) is 2.00. The number of hydrogen-bond acceptors (Lipinski definition) is 5. The van der Waals surface area contributed by atoms with Gasteiger partial charge in [-0.2, -0.15) is 4.58 Å². The van der Waals surface area contributed by atoms with Crippen LogP contribution in [0.5, 0.6) is 0 Å². The summed E-state index contributed by atoms with van der Waals surface area (Å²) in [5.41, 5.74) is 0. The zero-order valence-electron chi connectivity index (χ0n) is 5.40. The maximum atomic E-state index is 7.60. The number of hydrogen-bond donors (Lipinski definition) is 4. The Balaban J connectivity index is -0.0000000417. The van der Waals surface area contributed by atoms with Crippen LogP contribution < -0.4 is 0 Å². The molecule has 0 aromatic heterocycles. The van der Waals surface area contributed by atoms with Crippen LogP contribution in [0.1, 0.15) is 2.85 Å². The van der Waals surface area contributed by atoms with Crippen LogP contribution in [0, 0.1) is 0 Å². The standard InChI is InChI=1S/Be.H4O5Si.2H/c;1-5-6(2,3)4;;/h;1-4H;;/q+2;;2*-1. The number of rotatable bonds is 1. The normalized spacial score (nSPS) is 10.3. The third-order valence-electron chi connectivity index (χ3n) is 0.122. The van der Waals surface area contributed by atoms with E-state index in [9.17, 15) is 0 Å². The molecule has 0 spiro atoms. The summed E-state index contributed by atoms with van der Waals surface area (Å²) < 4.78 is 2.74. The van der Waals surface area contributed by atoms with E-state index in [-0.39, 0.29) is 13.0 Å².